The zero-order valence-electron chi connectivity index (χ0n) is 15.6. The minimum Gasteiger partial charge on any atom is -0.391 e. The first-order valence-corrected chi connectivity index (χ1v) is 9.49. The lowest BCUT2D eigenvalue weighted by atomic mass is 10.1. The summed E-state index contributed by atoms with van der Waals surface area (Å²) in [4.78, 5) is 1.28. The third-order valence-corrected chi connectivity index (χ3v) is 5.57. The van der Waals surface area contributed by atoms with Crippen molar-refractivity contribution in [2.24, 2.45) is 5.92 Å². The van der Waals surface area contributed by atoms with Crippen LogP contribution in [-0.2, 0) is 0 Å². The van der Waals surface area contributed by atoms with E-state index in [2.05, 4.69) is 80.3 Å². The van der Waals surface area contributed by atoms with Crippen molar-refractivity contribution in [3.63, 3.8) is 0 Å². The average Bonchev–Trinajstić information content (AvgIpc) is 2.56. The van der Waals surface area contributed by atoms with E-state index in [1.165, 1.54) is 27.7 Å². The van der Waals surface area contributed by atoms with Gasteiger partial charge in [-0.05, 0) is 61.0 Å². The van der Waals surface area contributed by atoms with E-state index in [4.69, 9.17) is 0 Å². The van der Waals surface area contributed by atoms with Gasteiger partial charge in [-0.3, -0.25) is 0 Å². The van der Waals surface area contributed by atoms with E-state index in [-0.39, 0.29) is 6.04 Å². The second kappa shape index (κ2) is 8.59. The van der Waals surface area contributed by atoms with Gasteiger partial charge in [-0.1, -0.05) is 50.3 Å². The molecule has 1 N–H and O–H groups in total. The summed E-state index contributed by atoms with van der Waals surface area (Å²) in [6.45, 7) is 14.1. The second-order valence-electron chi connectivity index (χ2n) is 6.88. The molecule has 24 heavy (non-hydrogen) atoms. The SMILES string of the molecule is C=C(NC)C(C)N(CCC(C)C)Sc1ccc2ccc(C)cc2c1. The zero-order chi connectivity index (χ0) is 17.7. The molecule has 2 aromatic carbocycles. The minimum absolute atomic E-state index is 0.284. The maximum atomic E-state index is 4.16. The van der Waals surface area contributed by atoms with Crippen molar-refractivity contribution in [3.05, 3.63) is 54.2 Å². The molecule has 2 rings (SSSR count). The highest BCUT2D eigenvalue weighted by atomic mass is 32.2. The Bertz CT molecular complexity index is 693. The lowest BCUT2D eigenvalue weighted by Crippen LogP contribution is -2.33. The average molecular weight is 343 g/mol. The molecule has 1 unspecified atom stereocenters. The van der Waals surface area contributed by atoms with Crippen LogP contribution >= 0.6 is 11.9 Å². The van der Waals surface area contributed by atoms with Crippen molar-refractivity contribution in [3.8, 4) is 0 Å². The molecule has 0 amide bonds. The highest BCUT2D eigenvalue weighted by Crippen LogP contribution is 2.30. The summed E-state index contributed by atoms with van der Waals surface area (Å²) in [5.41, 5.74) is 2.36. The van der Waals surface area contributed by atoms with Gasteiger partial charge in [-0.25, -0.2) is 4.31 Å². The summed E-state index contributed by atoms with van der Waals surface area (Å²) < 4.78 is 2.44. The monoisotopic (exact) mass is 342 g/mol. The Hall–Kier alpha value is -1.45. The van der Waals surface area contributed by atoms with Crippen molar-refractivity contribution in [2.45, 2.75) is 45.1 Å². The largest absolute Gasteiger partial charge is 0.391 e. The van der Waals surface area contributed by atoms with Gasteiger partial charge < -0.3 is 5.32 Å². The van der Waals surface area contributed by atoms with Crippen LogP contribution in [0.3, 0.4) is 0 Å². The lowest BCUT2D eigenvalue weighted by molar-refractivity contribution is 0.370. The maximum absolute atomic E-state index is 4.16. The normalized spacial score (nSPS) is 12.8. The first kappa shape index (κ1) is 18.9. The van der Waals surface area contributed by atoms with E-state index in [9.17, 15) is 0 Å². The van der Waals surface area contributed by atoms with Crippen LogP contribution in [0.1, 0.15) is 32.8 Å². The van der Waals surface area contributed by atoms with Crippen LogP contribution in [0, 0.1) is 12.8 Å². The number of rotatable bonds is 8. The van der Waals surface area contributed by atoms with Crippen LogP contribution < -0.4 is 5.32 Å². The highest BCUT2D eigenvalue weighted by Gasteiger charge is 2.18. The van der Waals surface area contributed by atoms with E-state index in [1.807, 2.05) is 19.0 Å². The summed E-state index contributed by atoms with van der Waals surface area (Å²) >= 11 is 1.84. The Kier molecular flexibility index (Phi) is 6.76. The molecular formula is C21H30N2S. The number of hydrogen-bond acceptors (Lipinski definition) is 3. The fourth-order valence-corrected chi connectivity index (χ4v) is 3.68. The molecule has 0 saturated heterocycles. The highest BCUT2D eigenvalue weighted by molar-refractivity contribution is 7.97. The standard InChI is InChI=1S/C21H30N2S/c1-15(2)11-12-23(18(5)17(4)22-6)24-21-10-9-19-8-7-16(3)13-20(19)14-21/h7-10,13-15,18,22H,4,11-12H2,1-3,5-6H3. The Morgan fingerprint density at radius 1 is 1.12 bits per heavy atom. The summed E-state index contributed by atoms with van der Waals surface area (Å²) in [6.07, 6.45) is 1.18. The van der Waals surface area contributed by atoms with Crippen LogP contribution in [0.5, 0.6) is 0 Å². The molecule has 0 saturated carbocycles. The topological polar surface area (TPSA) is 15.3 Å². The first-order chi connectivity index (χ1) is 11.4. The van der Waals surface area contributed by atoms with Crippen molar-refractivity contribution < 1.29 is 0 Å². The van der Waals surface area contributed by atoms with Crippen LogP contribution in [0.4, 0.5) is 0 Å². The van der Waals surface area contributed by atoms with E-state index in [0.717, 1.165) is 12.2 Å². The van der Waals surface area contributed by atoms with Gasteiger partial charge in [0, 0.05) is 24.2 Å². The Labute approximate surface area is 151 Å². The Balaban J connectivity index is 2.22. The predicted octanol–water partition coefficient (Wildman–Crippen LogP) is 5.63. The van der Waals surface area contributed by atoms with Gasteiger partial charge in [0.25, 0.3) is 0 Å². The quantitative estimate of drug-likeness (QED) is 0.626. The fourth-order valence-electron chi connectivity index (χ4n) is 2.62. The molecule has 3 heteroatoms. The van der Waals surface area contributed by atoms with E-state index < -0.39 is 0 Å². The number of likely N-dealkylation sites (N-methyl/N-ethyl adjacent to an activating group) is 1. The molecule has 2 aromatic rings. The molecule has 1 atom stereocenters. The van der Waals surface area contributed by atoms with Gasteiger partial charge in [-0.2, -0.15) is 0 Å². The zero-order valence-corrected chi connectivity index (χ0v) is 16.4. The Morgan fingerprint density at radius 2 is 1.83 bits per heavy atom. The third kappa shape index (κ3) is 5.02. The number of benzene rings is 2. The number of aryl methyl sites for hydroxylation is 1. The molecule has 0 spiro atoms. The molecule has 0 heterocycles. The summed E-state index contributed by atoms with van der Waals surface area (Å²) in [5.74, 6) is 0.697. The second-order valence-corrected chi connectivity index (χ2v) is 8.00. The number of nitrogens with one attached hydrogen (secondary N) is 1. The molecule has 0 fully saturated rings. The van der Waals surface area contributed by atoms with E-state index >= 15 is 0 Å². The molecule has 0 aliphatic heterocycles. The maximum Gasteiger partial charge on any atom is 0.0567 e. The molecule has 0 radical (unpaired) electrons. The predicted molar refractivity (Wildman–Crippen MR) is 108 cm³/mol. The van der Waals surface area contributed by atoms with Crippen molar-refractivity contribution in [1.82, 2.24) is 9.62 Å². The Morgan fingerprint density at radius 3 is 2.50 bits per heavy atom. The van der Waals surface area contributed by atoms with Gasteiger partial charge in [0.2, 0.25) is 0 Å². The molecular weight excluding hydrogens is 312 g/mol. The van der Waals surface area contributed by atoms with E-state index in [1.54, 1.807) is 0 Å². The number of fused-ring (bicyclic) bond motifs is 1. The van der Waals surface area contributed by atoms with Gasteiger partial charge >= 0.3 is 0 Å². The molecule has 130 valence electrons. The van der Waals surface area contributed by atoms with Crippen LogP contribution in [-0.4, -0.2) is 23.9 Å². The van der Waals surface area contributed by atoms with Crippen molar-refractivity contribution >= 4 is 22.7 Å². The van der Waals surface area contributed by atoms with Crippen molar-refractivity contribution in [2.75, 3.05) is 13.6 Å². The number of hydrogen-bond donors (Lipinski definition) is 1. The van der Waals surface area contributed by atoms with Gasteiger partial charge in [0.15, 0.2) is 0 Å². The molecule has 0 aliphatic rings. The summed E-state index contributed by atoms with van der Waals surface area (Å²) in [5, 5.41) is 5.81. The smallest absolute Gasteiger partial charge is 0.0567 e. The summed E-state index contributed by atoms with van der Waals surface area (Å²) in [7, 11) is 1.95. The number of nitrogens with zero attached hydrogens (tertiary/aromatic N) is 1. The molecule has 0 aromatic heterocycles. The van der Waals surface area contributed by atoms with Crippen molar-refractivity contribution in [1.29, 1.82) is 0 Å². The summed E-state index contributed by atoms with van der Waals surface area (Å²) in [6, 6.07) is 13.6. The lowest BCUT2D eigenvalue weighted by Gasteiger charge is -2.30. The third-order valence-electron chi connectivity index (χ3n) is 4.37. The first-order valence-electron chi connectivity index (χ1n) is 8.72. The van der Waals surface area contributed by atoms with Crippen LogP contribution in [0.2, 0.25) is 0 Å². The van der Waals surface area contributed by atoms with Gasteiger partial charge in [0.05, 0.1) is 6.04 Å². The van der Waals surface area contributed by atoms with Gasteiger partial charge in [-0.15, -0.1) is 0 Å². The van der Waals surface area contributed by atoms with Crippen LogP contribution in [0.25, 0.3) is 10.8 Å². The molecule has 2 nitrogen and oxygen atoms in total. The molecule has 0 aliphatic carbocycles. The minimum atomic E-state index is 0.284. The fraction of sp³-hybridized carbons (Fsp3) is 0.429. The van der Waals surface area contributed by atoms with E-state index in [0.29, 0.717) is 5.92 Å². The van der Waals surface area contributed by atoms with Gasteiger partial charge in [0.1, 0.15) is 0 Å². The van der Waals surface area contributed by atoms with Crippen LogP contribution in [0.15, 0.2) is 53.6 Å². The molecule has 0 bridgehead atoms.